The summed E-state index contributed by atoms with van der Waals surface area (Å²) < 4.78 is 30.5. The van der Waals surface area contributed by atoms with Crippen LogP contribution in [0.2, 0.25) is 5.02 Å². The number of hydrogen-bond acceptors (Lipinski definition) is 4. The maximum Gasteiger partial charge on any atom is 0.243 e. The second kappa shape index (κ2) is 4.45. The van der Waals surface area contributed by atoms with E-state index in [1.807, 2.05) is 0 Å². The molecule has 7 heteroatoms. The summed E-state index contributed by atoms with van der Waals surface area (Å²) in [6.45, 7) is 0.706. The summed E-state index contributed by atoms with van der Waals surface area (Å²) in [5.41, 5.74) is 5.57. The minimum Gasteiger partial charge on any atom is -0.495 e. The molecule has 2 N–H and O–H groups in total. The summed E-state index contributed by atoms with van der Waals surface area (Å²) in [7, 11) is -1.99. The second-order valence-electron chi connectivity index (χ2n) is 3.88. The van der Waals surface area contributed by atoms with E-state index >= 15 is 0 Å². The highest BCUT2D eigenvalue weighted by atomic mass is 35.5. The van der Waals surface area contributed by atoms with Crippen LogP contribution in [0.25, 0.3) is 0 Å². The lowest BCUT2D eigenvalue weighted by atomic mass is 10.2. The minimum absolute atomic E-state index is 0.0708. The fourth-order valence-electron chi connectivity index (χ4n) is 1.62. The molecule has 0 unspecified atom stereocenters. The number of benzene rings is 1. The maximum absolute atomic E-state index is 12.1. The highest BCUT2D eigenvalue weighted by molar-refractivity contribution is 7.89. The molecule has 0 aliphatic carbocycles. The number of nitrogens with zero attached hydrogens (tertiary/aromatic N) is 1. The van der Waals surface area contributed by atoms with Crippen LogP contribution in [0.3, 0.4) is 0 Å². The lowest BCUT2D eigenvalue weighted by molar-refractivity contribution is 0.265. The van der Waals surface area contributed by atoms with Crippen molar-refractivity contribution in [1.82, 2.24) is 4.31 Å². The summed E-state index contributed by atoms with van der Waals surface area (Å²) in [4.78, 5) is 0.162. The van der Waals surface area contributed by atoms with Crippen LogP contribution in [0.15, 0.2) is 23.1 Å². The second-order valence-corrected chi connectivity index (χ2v) is 6.22. The summed E-state index contributed by atoms with van der Waals surface area (Å²) in [5, 5.41) is 0.276. The zero-order valence-electron chi connectivity index (χ0n) is 9.26. The predicted molar refractivity (Wildman–Crippen MR) is 64.7 cm³/mol. The summed E-state index contributed by atoms with van der Waals surface area (Å²) in [5.74, 6) is 0.450. The van der Waals surface area contributed by atoms with Crippen molar-refractivity contribution in [3.8, 4) is 5.75 Å². The van der Waals surface area contributed by atoms with Crippen LogP contribution in [0.4, 0.5) is 0 Å². The highest BCUT2D eigenvalue weighted by Crippen LogP contribution is 2.29. The SMILES string of the molecule is COc1ccc(S(=O)(=O)N2CC(N)C2)cc1Cl. The summed E-state index contributed by atoms with van der Waals surface area (Å²) >= 11 is 5.90. The third-order valence-electron chi connectivity index (χ3n) is 2.64. The quantitative estimate of drug-likeness (QED) is 0.881. The molecule has 0 spiro atoms. The Morgan fingerprint density at radius 2 is 2.12 bits per heavy atom. The lowest BCUT2D eigenvalue weighted by Gasteiger charge is -2.35. The van der Waals surface area contributed by atoms with Gasteiger partial charge in [-0.3, -0.25) is 0 Å². The normalized spacial score (nSPS) is 17.8. The van der Waals surface area contributed by atoms with Crippen molar-refractivity contribution >= 4 is 21.6 Å². The Balaban J connectivity index is 2.31. The highest BCUT2D eigenvalue weighted by Gasteiger charge is 2.34. The van der Waals surface area contributed by atoms with E-state index in [2.05, 4.69) is 0 Å². The molecule has 17 heavy (non-hydrogen) atoms. The number of nitrogens with two attached hydrogens (primary N) is 1. The first-order valence-corrected chi connectivity index (χ1v) is 6.86. The molecule has 1 aromatic carbocycles. The maximum atomic E-state index is 12.1. The molecule has 1 saturated heterocycles. The molecular formula is C10H13ClN2O3S. The molecule has 1 aliphatic heterocycles. The van der Waals surface area contributed by atoms with Gasteiger partial charge in [0.25, 0.3) is 0 Å². The molecule has 0 bridgehead atoms. The van der Waals surface area contributed by atoms with Crippen LogP contribution in [0.5, 0.6) is 5.75 Å². The third-order valence-corrected chi connectivity index (χ3v) is 4.76. The van der Waals surface area contributed by atoms with Gasteiger partial charge in [0.15, 0.2) is 0 Å². The first kappa shape index (κ1) is 12.6. The molecule has 2 rings (SSSR count). The topological polar surface area (TPSA) is 72.6 Å². The van der Waals surface area contributed by atoms with Gasteiger partial charge < -0.3 is 10.5 Å². The van der Waals surface area contributed by atoms with E-state index in [1.54, 1.807) is 0 Å². The number of hydrogen-bond donors (Lipinski definition) is 1. The number of methoxy groups -OCH3 is 1. The Hall–Kier alpha value is -0.820. The summed E-state index contributed by atoms with van der Waals surface area (Å²) in [6.07, 6.45) is 0. The van der Waals surface area contributed by atoms with Gasteiger partial charge in [-0.25, -0.2) is 8.42 Å². The van der Waals surface area contributed by atoms with Crippen molar-refractivity contribution in [2.24, 2.45) is 5.73 Å². The molecule has 1 aliphatic rings. The van der Waals surface area contributed by atoms with Gasteiger partial charge in [0.1, 0.15) is 5.75 Å². The average Bonchev–Trinajstić information content (AvgIpc) is 2.24. The predicted octanol–water partition coefficient (Wildman–Crippen LogP) is 0.680. The molecule has 0 radical (unpaired) electrons. The molecule has 94 valence electrons. The molecule has 1 heterocycles. The van der Waals surface area contributed by atoms with Crippen LogP contribution < -0.4 is 10.5 Å². The summed E-state index contributed by atoms with van der Waals surface area (Å²) in [6, 6.07) is 4.33. The van der Waals surface area contributed by atoms with E-state index in [-0.39, 0.29) is 16.0 Å². The van der Waals surface area contributed by atoms with Crippen LogP contribution in [0.1, 0.15) is 0 Å². The van der Waals surface area contributed by atoms with Crippen molar-refractivity contribution < 1.29 is 13.2 Å². The molecule has 0 saturated carbocycles. The Labute approximate surface area is 105 Å². The smallest absolute Gasteiger partial charge is 0.243 e. The molecule has 1 aromatic rings. The first-order chi connectivity index (χ1) is 7.95. The molecule has 1 fully saturated rings. The van der Waals surface area contributed by atoms with Gasteiger partial charge >= 0.3 is 0 Å². The van der Waals surface area contributed by atoms with Gasteiger partial charge in [-0.15, -0.1) is 0 Å². The molecule has 0 amide bonds. The number of ether oxygens (including phenoxy) is 1. The number of halogens is 1. The van der Waals surface area contributed by atoms with Crippen molar-refractivity contribution in [3.63, 3.8) is 0 Å². The van der Waals surface area contributed by atoms with Gasteiger partial charge in [-0.1, -0.05) is 11.6 Å². The van der Waals surface area contributed by atoms with Crippen LogP contribution >= 0.6 is 11.6 Å². The van der Waals surface area contributed by atoms with E-state index in [0.717, 1.165) is 0 Å². The van der Waals surface area contributed by atoms with E-state index in [9.17, 15) is 8.42 Å². The van der Waals surface area contributed by atoms with Gasteiger partial charge in [0.05, 0.1) is 17.0 Å². The van der Waals surface area contributed by atoms with E-state index in [4.69, 9.17) is 22.1 Å². The molecule has 0 aromatic heterocycles. The Kier molecular flexibility index (Phi) is 3.31. The Bertz CT molecular complexity index is 526. The van der Waals surface area contributed by atoms with Crippen molar-refractivity contribution in [3.05, 3.63) is 23.2 Å². The van der Waals surface area contributed by atoms with Gasteiger partial charge in [-0.05, 0) is 18.2 Å². The first-order valence-electron chi connectivity index (χ1n) is 5.04. The van der Waals surface area contributed by atoms with E-state index < -0.39 is 10.0 Å². The lowest BCUT2D eigenvalue weighted by Crippen LogP contribution is -2.57. The molecular weight excluding hydrogens is 264 g/mol. The van der Waals surface area contributed by atoms with Crippen molar-refractivity contribution in [1.29, 1.82) is 0 Å². The van der Waals surface area contributed by atoms with Crippen molar-refractivity contribution in [2.75, 3.05) is 20.2 Å². The van der Waals surface area contributed by atoms with Crippen LogP contribution in [-0.2, 0) is 10.0 Å². The van der Waals surface area contributed by atoms with E-state index in [0.29, 0.717) is 18.8 Å². The van der Waals surface area contributed by atoms with Crippen LogP contribution in [0, 0.1) is 0 Å². The zero-order valence-corrected chi connectivity index (χ0v) is 10.8. The monoisotopic (exact) mass is 276 g/mol. The average molecular weight is 277 g/mol. The standard InChI is InChI=1S/C10H13ClN2O3S/c1-16-10-3-2-8(4-9(10)11)17(14,15)13-5-7(12)6-13/h2-4,7H,5-6,12H2,1H3. The number of sulfonamides is 1. The molecule has 0 atom stereocenters. The van der Waals surface area contributed by atoms with Gasteiger partial charge in [0.2, 0.25) is 10.0 Å². The fourth-order valence-corrected chi connectivity index (χ4v) is 3.53. The largest absolute Gasteiger partial charge is 0.495 e. The van der Waals surface area contributed by atoms with Gasteiger partial charge in [-0.2, -0.15) is 4.31 Å². The Morgan fingerprint density at radius 1 is 1.47 bits per heavy atom. The third kappa shape index (κ3) is 2.26. The zero-order chi connectivity index (χ0) is 12.6. The molecule has 5 nitrogen and oxygen atoms in total. The fraction of sp³-hybridized carbons (Fsp3) is 0.400. The van der Waals surface area contributed by atoms with Crippen LogP contribution in [-0.4, -0.2) is 39.0 Å². The Morgan fingerprint density at radius 3 is 2.59 bits per heavy atom. The minimum atomic E-state index is -3.47. The number of rotatable bonds is 3. The van der Waals surface area contributed by atoms with Gasteiger partial charge in [0, 0.05) is 19.1 Å². The van der Waals surface area contributed by atoms with E-state index in [1.165, 1.54) is 29.6 Å². The van der Waals surface area contributed by atoms with Crippen molar-refractivity contribution in [2.45, 2.75) is 10.9 Å².